The van der Waals surface area contributed by atoms with Gasteiger partial charge in [0, 0.05) is 30.0 Å². The number of benzene rings is 1. The largest absolute Gasteiger partial charge is 0.461 e. The van der Waals surface area contributed by atoms with Crippen molar-refractivity contribution in [2.45, 2.75) is 12.8 Å². The van der Waals surface area contributed by atoms with Gasteiger partial charge in [-0.05, 0) is 25.0 Å². The van der Waals surface area contributed by atoms with Crippen LogP contribution < -0.4 is 0 Å². The average molecular weight is 330 g/mol. The van der Waals surface area contributed by atoms with Gasteiger partial charge in [-0.25, -0.2) is 9.78 Å². The second kappa shape index (κ2) is 7.37. The van der Waals surface area contributed by atoms with Crippen LogP contribution in [0.3, 0.4) is 0 Å². The van der Waals surface area contributed by atoms with Gasteiger partial charge in [-0.3, -0.25) is 4.79 Å². The Kier molecular flexibility index (Phi) is 5.02. The number of esters is 1. The molecule has 1 aromatic carbocycles. The molecule has 1 aliphatic rings. The monoisotopic (exact) mass is 330 g/mol. The van der Waals surface area contributed by atoms with Gasteiger partial charge in [-0.2, -0.15) is 0 Å². The Bertz CT molecular complexity index is 658. The first kappa shape index (κ1) is 15.7. The van der Waals surface area contributed by atoms with Crippen molar-refractivity contribution in [2.24, 2.45) is 5.92 Å². The summed E-state index contributed by atoms with van der Waals surface area (Å²) in [5, 5.41) is 1.68. The van der Waals surface area contributed by atoms with E-state index < -0.39 is 5.97 Å². The van der Waals surface area contributed by atoms with Gasteiger partial charge in [-0.1, -0.05) is 18.2 Å². The normalized spacial score (nSPS) is 17.7. The molecule has 5 nitrogen and oxygen atoms in total. The first-order valence-electron chi connectivity index (χ1n) is 7.63. The summed E-state index contributed by atoms with van der Waals surface area (Å²) in [4.78, 5) is 30.1. The number of thiazole rings is 1. The van der Waals surface area contributed by atoms with Gasteiger partial charge in [0.05, 0.1) is 12.1 Å². The zero-order valence-electron chi connectivity index (χ0n) is 12.7. The summed E-state index contributed by atoms with van der Waals surface area (Å²) >= 11 is 1.37. The Morgan fingerprint density at radius 3 is 2.87 bits per heavy atom. The Morgan fingerprint density at radius 2 is 2.13 bits per heavy atom. The third-order valence-electron chi connectivity index (χ3n) is 3.92. The van der Waals surface area contributed by atoms with Gasteiger partial charge in [0.25, 0.3) is 5.91 Å². The first-order valence-corrected chi connectivity index (χ1v) is 8.58. The molecular weight excluding hydrogens is 312 g/mol. The van der Waals surface area contributed by atoms with E-state index in [1.54, 1.807) is 10.9 Å². The molecule has 1 saturated heterocycles. The molecule has 0 aliphatic carbocycles. The van der Waals surface area contributed by atoms with Gasteiger partial charge < -0.3 is 9.64 Å². The minimum absolute atomic E-state index is 0.0427. The maximum Gasteiger partial charge on any atom is 0.357 e. The summed E-state index contributed by atoms with van der Waals surface area (Å²) in [6, 6.07) is 9.28. The molecule has 0 unspecified atom stereocenters. The molecule has 0 bridgehead atoms. The molecule has 0 saturated carbocycles. The highest BCUT2D eigenvalue weighted by Crippen LogP contribution is 2.19. The van der Waals surface area contributed by atoms with Crippen LogP contribution >= 0.6 is 11.3 Å². The average Bonchev–Trinajstić information content (AvgIpc) is 3.15. The van der Waals surface area contributed by atoms with E-state index >= 15 is 0 Å². The number of hydrogen-bond acceptors (Lipinski definition) is 5. The summed E-state index contributed by atoms with van der Waals surface area (Å²) < 4.78 is 5.33. The SMILES string of the molecule is O=C(OC[C@H]1CCCN(C(=O)c2ccccc2)C1)c1cscn1. The second-order valence-corrected chi connectivity index (χ2v) is 6.32. The fraction of sp³-hybridized carbons (Fsp3) is 0.353. The van der Waals surface area contributed by atoms with E-state index in [-0.39, 0.29) is 11.8 Å². The Labute approximate surface area is 138 Å². The maximum atomic E-state index is 12.5. The number of carbonyl (C=O) groups is 2. The summed E-state index contributed by atoms with van der Waals surface area (Å²) in [5.74, 6) is -0.169. The molecule has 6 heteroatoms. The molecule has 0 N–H and O–H groups in total. The number of amides is 1. The third-order valence-corrected chi connectivity index (χ3v) is 4.50. The van der Waals surface area contributed by atoms with Gasteiger partial charge in [0.2, 0.25) is 0 Å². The van der Waals surface area contributed by atoms with Crippen LogP contribution in [-0.2, 0) is 4.74 Å². The number of piperidine rings is 1. The predicted octanol–water partition coefficient (Wildman–Crippen LogP) is 2.85. The highest BCUT2D eigenvalue weighted by molar-refractivity contribution is 7.07. The standard InChI is InChI=1S/C17H18N2O3S/c20-16(14-6-2-1-3-7-14)19-8-4-5-13(9-19)10-22-17(21)15-11-23-12-18-15/h1-3,6-7,11-13H,4-5,8-10H2/t13-/m0/s1. The minimum atomic E-state index is -0.391. The summed E-state index contributed by atoms with van der Waals surface area (Å²) in [6.07, 6.45) is 1.89. The molecule has 1 aromatic heterocycles. The maximum absolute atomic E-state index is 12.5. The number of aromatic nitrogens is 1. The van der Waals surface area contributed by atoms with E-state index in [0.29, 0.717) is 24.4 Å². The minimum Gasteiger partial charge on any atom is -0.461 e. The Hall–Kier alpha value is -2.21. The fourth-order valence-electron chi connectivity index (χ4n) is 2.73. The fourth-order valence-corrected chi connectivity index (χ4v) is 3.25. The first-order chi connectivity index (χ1) is 11.2. The molecule has 1 fully saturated rings. The third kappa shape index (κ3) is 3.96. The van der Waals surface area contributed by atoms with Crippen molar-refractivity contribution in [1.82, 2.24) is 9.88 Å². The molecular formula is C17H18N2O3S. The van der Waals surface area contributed by atoms with Gasteiger partial charge in [0.15, 0.2) is 5.69 Å². The number of hydrogen-bond donors (Lipinski definition) is 0. The van der Waals surface area contributed by atoms with Crippen LogP contribution in [0.4, 0.5) is 0 Å². The topological polar surface area (TPSA) is 59.5 Å². The molecule has 1 aliphatic heterocycles. The van der Waals surface area contributed by atoms with E-state index in [4.69, 9.17) is 4.74 Å². The van der Waals surface area contributed by atoms with Crippen molar-refractivity contribution in [3.05, 3.63) is 52.5 Å². The van der Waals surface area contributed by atoms with Crippen molar-refractivity contribution < 1.29 is 14.3 Å². The molecule has 1 amide bonds. The highest BCUT2D eigenvalue weighted by Gasteiger charge is 2.25. The summed E-state index contributed by atoms with van der Waals surface area (Å²) in [7, 11) is 0. The zero-order chi connectivity index (χ0) is 16.1. The molecule has 2 aromatic rings. The lowest BCUT2D eigenvalue weighted by Crippen LogP contribution is -2.41. The van der Waals surface area contributed by atoms with Crippen molar-refractivity contribution in [3.63, 3.8) is 0 Å². The Morgan fingerprint density at radius 1 is 1.30 bits per heavy atom. The quantitative estimate of drug-likeness (QED) is 0.809. The van der Waals surface area contributed by atoms with Crippen LogP contribution in [0.5, 0.6) is 0 Å². The van der Waals surface area contributed by atoms with Crippen LogP contribution in [0.15, 0.2) is 41.2 Å². The summed E-state index contributed by atoms with van der Waals surface area (Å²) in [6.45, 7) is 1.71. The highest BCUT2D eigenvalue weighted by atomic mass is 32.1. The van der Waals surface area contributed by atoms with Gasteiger partial charge in [-0.15, -0.1) is 11.3 Å². The van der Waals surface area contributed by atoms with E-state index in [0.717, 1.165) is 19.4 Å². The predicted molar refractivity (Wildman–Crippen MR) is 87.5 cm³/mol. The van der Waals surface area contributed by atoms with Gasteiger partial charge >= 0.3 is 5.97 Å². The zero-order valence-corrected chi connectivity index (χ0v) is 13.5. The molecule has 3 rings (SSSR count). The van der Waals surface area contributed by atoms with E-state index in [9.17, 15) is 9.59 Å². The van der Waals surface area contributed by atoms with Crippen LogP contribution in [0.1, 0.15) is 33.7 Å². The van der Waals surface area contributed by atoms with Crippen LogP contribution in [-0.4, -0.2) is 41.5 Å². The molecule has 120 valence electrons. The summed E-state index contributed by atoms with van der Waals surface area (Å²) in [5.41, 5.74) is 2.66. The van der Waals surface area contributed by atoms with E-state index in [1.165, 1.54) is 11.3 Å². The van der Waals surface area contributed by atoms with Crippen LogP contribution in [0.2, 0.25) is 0 Å². The number of nitrogens with zero attached hydrogens (tertiary/aromatic N) is 2. The lowest BCUT2D eigenvalue weighted by molar-refractivity contribution is 0.0337. The van der Waals surface area contributed by atoms with Crippen molar-refractivity contribution in [1.29, 1.82) is 0 Å². The number of likely N-dealkylation sites (tertiary alicyclic amines) is 1. The van der Waals surface area contributed by atoms with Crippen molar-refractivity contribution >= 4 is 23.2 Å². The second-order valence-electron chi connectivity index (χ2n) is 5.60. The molecule has 0 spiro atoms. The molecule has 1 atom stereocenters. The lowest BCUT2D eigenvalue weighted by atomic mass is 9.98. The van der Waals surface area contributed by atoms with Crippen molar-refractivity contribution in [2.75, 3.05) is 19.7 Å². The molecule has 0 radical (unpaired) electrons. The van der Waals surface area contributed by atoms with E-state index in [1.807, 2.05) is 35.2 Å². The number of rotatable bonds is 4. The van der Waals surface area contributed by atoms with Crippen LogP contribution in [0.25, 0.3) is 0 Å². The number of ether oxygens (including phenoxy) is 1. The Balaban J connectivity index is 1.54. The smallest absolute Gasteiger partial charge is 0.357 e. The number of carbonyl (C=O) groups excluding carboxylic acids is 2. The van der Waals surface area contributed by atoms with Crippen LogP contribution in [0, 0.1) is 5.92 Å². The van der Waals surface area contributed by atoms with Gasteiger partial charge in [0.1, 0.15) is 0 Å². The lowest BCUT2D eigenvalue weighted by Gasteiger charge is -2.32. The van der Waals surface area contributed by atoms with Crippen molar-refractivity contribution in [3.8, 4) is 0 Å². The molecule has 2 heterocycles. The van der Waals surface area contributed by atoms with E-state index in [2.05, 4.69) is 4.98 Å². The molecule has 23 heavy (non-hydrogen) atoms.